The Kier molecular flexibility index (Phi) is 5.92. The molecule has 0 aliphatic rings. The topological polar surface area (TPSA) is 94.3 Å². The van der Waals surface area contributed by atoms with Crippen LogP contribution in [0.3, 0.4) is 0 Å². The van der Waals surface area contributed by atoms with Crippen molar-refractivity contribution in [3.8, 4) is 17.1 Å². The van der Waals surface area contributed by atoms with Gasteiger partial charge in [0.1, 0.15) is 15.7 Å². The SMILES string of the molecule is COc1ccc(S(=O)(=O)NCc2nc(-c3cccc(Cl)c3)no2)c(Cl)c1Cl. The van der Waals surface area contributed by atoms with E-state index in [4.69, 9.17) is 44.1 Å². The summed E-state index contributed by atoms with van der Waals surface area (Å²) < 4.78 is 37.4. The maximum absolute atomic E-state index is 12.5. The second kappa shape index (κ2) is 8.04. The summed E-state index contributed by atoms with van der Waals surface area (Å²) in [4.78, 5) is 3.95. The number of hydrogen-bond donors (Lipinski definition) is 1. The lowest BCUT2D eigenvalue weighted by molar-refractivity contribution is 0.376. The number of methoxy groups -OCH3 is 1. The Morgan fingerprint density at radius 3 is 2.63 bits per heavy atom. The minimum atomic E-state index is -3.97. The first-order valence-electron chi connectivity index (χ1n) is 7.42. The first kappa shape index (κ1) is 19.9. The van der Waals surface area contributed by atoms with Crippen LogP contribution >= 0.6 is 34.8 Å². The van der Waals surface area contributed by atoms with Crippen molar-refractivity contribution < 1.29 is 17.7 Å². The molecule has 0 bridgehead atoms. The van der Waals surface area contributed by atoms with E-state index in [1.807, 2.05) is 0 Å². The van der Waals surface area contributed by atoms with Crippen molar-refractivity contribution in [2.24, 2.45) is 0 Å². The molecule has 0 atom stereocenters. The molecule has 0 fully saturated rings. The van der Waals surface area contributed by atoms with Crippen LogP contribution in [0.15, 0.2) is 45.8 Å². The number of nitrogens with one attached hydrogen (secondary N) is 1. The van der Waals surface area contributed by atoms with Crippen molar-refractivity contribution >= 4 is 44.8 Å². The highest BCUT2D eigenvalue weighted by Gasteiger charge is 2.22. The molecular formula is C16H12Cl3N3O4S. The van der Waals surface area contributed by atoms with Crippen LogP contribution < -0.4 is 9.46 Å². The smallest absolute Gasteiger partial charge is 0.242 e. The van der Waals surface area contributed by atoms with Crippen molar-refractivity contribution in [1.82, 2.24) is 14.9 Å². The van der Waals surface area contributed by atoms with Gasteiger partial charge in [-0.25, -0.2) is 13.1 Å². The van der Waals surface area contributed by atoms with Gasteiger partial charge in [-0.3, -0.25) is 0 Å². The Bertz CT molecular complexity index is 1090. The molecule has 1 heterocycles. The third kappa shape index (κ3) is 4.36. The summed E-state index contributed by atoms with van der Waals surface area (Å²) in [5.74, 6) is 0.630. The van der Waals surface area contributed by atoms with Crippen LogP contribution in [0.25, 0.3) is 11.4 Å². The summed E-state index contributed by atoms with van der Waals surface area (Å²) in [6.45, 7) is -0.226. The zero-order valence-corrected chi connectivity index (χ0v) is 16.8. The minimum Gasteiger partial charge on any atom is -0.495 e. The highest BCUT2D eigenvalue weighted by atomic mass is 35.5. The molecule has 0 aliphatic heterocycles. The summed E-state index contributed by atoms with van der Waals surface area (Å²) in [5.41, 5.74) is 0.644. The van der Waals surface area contributed by atoms with E-state index in [1.165, 1.54) is 19.2 Å². The Balaban J connectivity index is 1.78. The lowest BCUT2D eigenvalue weighted by Gasteiger charge is -2.10. The first-order valence-corrected chi connectivity index (χ1v) is 10.0. The highest BCUT2D eigenvalue weighted by molar-refractivity contribution is 7.89. The van der Waals surface area contributed by atoms with Crippen molar-refractivity contribution in [3.05, 3.63) is 57.4 Å². The Morgan fingerprint density at radius 1 is 1.15 bits per heavy atom. The predicted molar refractivity (Wildman–Crippen MR) is 102 cm³/mol. The van der Waals surface area contributed by atoms with Gasteiger partial charge in [0.05, 0.1) is 18.7 Å². The Labute approximate surface area is 170 Å². The molecule has 2 aromatic carbocycles. The second-order valence-corrected chi connectivity index (χ2v) is 8.17. The van der Waals surface area contributed by atoms with E-state index >= 15 is 0 Å². The van der Waals surface area contributed by atoms with Gasteiger partial charge in [-0.1, -0.05) is 52.1 Å². The number of ether oxygens (including phenoxy) is 1. The molecule has 0 radical (unpaired) electrons. The Hall–Kier alpha value is -1.84. The fourth-order valence-corrected chi connectivity index (χ4v) is 4.19. The van der Waals surface area contributed by atoms with Gasteiger partial charge < -0.3 is 9.26 Å². The lowest BCUT2D eigenvalue weighted by Crippen LogP contribution is -2.23. The lowest BCUT2D eigenvalue weighted by atomic mass is 10.2. The highest BCUT2D eigenvalue weighted by Crippen LogP contribution is 2.36. The molecule has 142 valence electrons. The van der Waals surface area contributed by atoms with Gasteiger partial charge in [-0.05, 0) is 24.3 Å². The molecule has 1 aromatic heterocycles. The molecule has 0 spiro atoms. The number of rotatable bonds is 6. The quantitative estimate of drug-likeness (QED) is 0.608. The minimum absolute atomic E-state index is 0.00285. The van der Waals surface area contributed by atoms with Crippen molar-refractivity contribution in [2.75, 3.05) is 7.11 Å². The number of hydrogen-bond acceptors (Lipinski definition) is 6. The molecule has 0 saturated heterocycles. The molecule has 1 N–H and O–H groups in total. The molecule has 0 amide bonds. The number of sulfonamides is 1. The molecule has 3 rings (SSSR count). The number of aromatic nitrogens is 2. The fraction of sp³-hybridized carbons (Fsp3) is 0.125. The monoisotopic (exact) mass is 447 g/mol. The van der Waals surface area contributed by atoms with Gasteiger partial charge >= 0.3 is 0 Å². The van der Waals surface area contributed by atoms with Gasteiger partial charge in [0.25, 0.3) is 0 Å². The zero-order chi connectivity index (χ0) is 19.6. The predicted octanol–water partition coefficient (Wildman–Crippen LogP) is 4.18. The molecule has 3 aromatic rings. The number of benzene rings is 2. The van der Waals surface area contributed by atoms with Crippen molar-refractivity contribution in [3.63, 3.8) is 0 Å². The van der Waals surface area contributed by atoms with Crippen LogP contribution in [0, 0.1) is 0 Å². The standard InChI is InChI=1S/C16H12Cl3N3O4S/c1-25-11-5-6-12(15(19)14(11)18)27(23,24)20-8-13-21-16(22-26-13)9-3-2-4-10(17)7-9/h2-7,20H,8H2,1H3. The van der Waals surface area contributed by atoms with Crippen molar-refractivity contribution in [2.45, 2.75) is 11.4 Å². The van der Waals surface area contributed by atoms with Crippen LogP contribution in [0.4, 0.5) is 0 Å². The molecule has 0 unspecified atom stereocenters. The van der Waals surface area contributed by atoms with Crippen molar-refractivity contribution in [1.29, 1.82) is 0 Å². The largest absolute Gasteiger partial charge is 0.495 e. The maximum Gasteiger partial charge on any atom is 0.242 e. The van der Waals surface area contributed by atoms with E-state index in [1.54, 1.807) is 24.3 Å². The molecular weight excluding hydrogens is 437 g/mol. The molecule has 0 saturated carbocycles. The third-order valence-electron chi connectivity index (χ3n) is 3.49. The average Bonchev–Trinajstić information content (AvgIpc) is 3.11. The number of halogens is 3. The second-order valence-electron chi connectivity index (χ2n) is 5.24. The normalized spacial score (nSPS) is 11.6. The van der Waals surface area contributed by atoms with Gasteiger partial charge in [-0.15, -0.1) is 0 Å². The molecule has 11 heteroatoms. The summed E-state index contributed by atoms with van der Waals surface area (Å²) >= 11 is 18.0. The fourth-order valence-electron chi connectivity index (χ4n) is 2.19. The van der Waals surface area contributed by atoms with Crippen LogP contribution in [0.5, 0.6) is 5.75 Å². The van der Waals surface area contributed by atoms with E-state index in [9.17, 15) is 8.42 Å². The first-order chi connectivity index (χ1) is 12.8. The molecule has 0 aliphatic carbocycles. The van der Waals surface area contributed by atoms with E-state index in [0.717, 1.165) is 0 Å². The van der Waals surface area contributed by atoms with Gasteiger partial charge in [0.2, 0.25) is 21.7 Å². The molecule has 7 nitrogen and oxygen atoms in total. The number of nitrogens with zero attached hydrogens (tertiary/aromatic N) is 2. The zero-order valence-electron chi connectivity index (χ0n) is 13.7. The summed E-state index contributed by atoms with van der Waals surface area (Å²) in [6, 6.07) is 9.58. The van der Waals surface area contributed by atoms with Gasteiger partial charge in [0, 0.05) is 10.6 Å². The van der Waals surface area contributed by atoms with Gasteiger partial charge in [0.15, 0.2) is 0 Å². The Morgan fingerprint density at radius 2 is 1.93 bits per heavy atom. The summed E-state index contributed by atoms with van der Waals surface area (Å²) in [6.07, 6.45) is 0. The maximum atomic E-state index is 12.5. The third-order valence-corrected chi connectivity index (χ3v) is 6.14. The average molecular weight is 449 g/mol. The van der Waals surface area contributed by atoms with Gasteiger partial charge in [-0.2, -0.15) is 4.98 Å². The summed E-state index contributed by atoms with van der Waals surface area (Å²) in [5, 5.41) is 4.19. The van der Waals surface area contributed by atoms with Crippen LogP contribution in [-0.2, 0) is 16.6 Å². The van der Waals surface area contributed by atoms with Crippen LogP contribution in [0.1, 0.15) is 5.89 Å². The van der Waals surface area contributed by atoms with E-state index in [2.05, 4.69) is 14.9 Å². The van der Waals surface area contributed by atoms with Crippen LogP contribution in [0.2, 0.25) is 15.1 Å². The molecule has 27 heavy (non-hydrogen) atoms. The van der Waals surface area contributed by atoms with Crippen LogP contribution in [-0.4, -0.2) is 25.7 Å². The van der Waals surface area contributed by atoms with E-state index < -0.39 is 10.0 Å². The van der Waals surface area contributed by atoms with E-state index in [0.29, 0.717) is 10.6 Å². The summed E-state index contributed by atoms with van der Waals surface area (Å²) in [7, 11) is -2.57. The van der Waals surface area contributed by atoms with E-state index in [-0.39, 0.29) is 39.0 Å².